The normalized spacial score (nSPS) is 16.5. The number of hydrogen-bond donors (Lipinski definition) is 0. The first-order chi connectivity index (χ1) is 31.8. The summed E-state index contributed by atoms with van der Waals surface area (Å²) in [4.78, 5) is 2.44. The maximum absolute atomic E-state index is 6.49. The summed E-state index contributed by atoms with van der Waals surface area (Å²) in [6.07, 6.45) is 10.2. The maximum Gasteiger partial charge on any atom is 0.143 e. The van der Waals surface area contributed by atoms with Gasteiger partial charge >= 0.3 is 0 Å². The van der Waals surface area contributed by atoms with E-state index < -0.39 is 0 Å². The molecular weight excluding hydrogens is 795 g/mol. The van der Waals surface area contributed by atoms with Crippen molar-refractivity contribution in [3.05, 3.63) is 247 Å². The number of benzene rings is 9. The van der Waals surface area contributed by atoms with Gasteiger partial charge in [0.2, 0.25) is 0 Å². The van der Waals surface area contributed by atoms with E-state index in [1.807, 2.05) is 17.4 Å². The average Bonchev–Trinajstić information content (AvgIpc) is 4.04. The van der Waals surface area contributed by atoms with Crippen LogP contribution in [0.4, 0.5) is 17.1 Å². The van der Waals surface area contributed by atoms with Gasteiger partial charge in [-0.25, -0.2) is 0 Å². The minimum atomic E-state index is -0.317. The van der Waals surface area contributed by atoms with Crippen LogP contribution in [-0.2, 0) is 5.41 Å². The topological polar surface area (TPSA) is 16.4 Å². The summed E-state index contributed by atoms with van der Waals surface area (Å²) < 4.78 is 9.10. The van der Waals surface area contributed by atoms with Gasteiger partial charge in [-0.15, -0.1) is 11.3 Å². The van der Waals surface area contributed by atoms with Gasteiger partial charge in [0.15, 0.2) is 0 Å². The maximum atomic E-state index is 6.49. The minimum absolute atomic E-state index is 0.279. The first-order valence-electron chi connectivity index (χ1n) is 22.2. The molecule has 2 aromatic heterocycles. The Balaban J connectivity index is 1.01. The molecule has 2 heterocycles. The lowest BCUT2D eigenvalue weighted by atomic mass is 9.62. The van der Waals surface area contributed by atoms with Crippen LogP contribution in [0, 0.1) is 5.92 Å². The van der Waals surface area contributed by atoms with Crippen molar-refractivity contribution in [2.24, 2.45) is 5.92 Å². The Morgan fingerprint density at radius 1 is 0.469 bits per heavy atom. The fraction of sp³-hybridized carbons (Fsp3) is 0.0492. The summed E-state index contributed by atoms with van der Waals surface area (Å²) in [5.74, 6) is 0.279. The first-order valence-corrected chi connectivity index (χ1v) is 23.0. The van der Waals surface area contributed by atoms with Crippen molar-refractivity contribution in [2.75, 3.05) is 4.90 Å². The van der Waals surface area contributed by atoms with Gasteiger partial charge in [0.05, 0.1) is 15.8 Å². The number of rotatable bonds is 7. The molecule has 0 fully saturated rings. The smallest absolute Gasteiger partial charge is 0.143 e. The molecule has 0 spiro atoms. The molecule has 0 saturated heterocycles. The molecule has 2 nitrogen and oxygen atoms in total. The third-order valence-electron chi connectivity index (χ3n) is 13.8. The van der Waals surface area contributed by atoms with Crippen molar-refractivity contribution in [1.29, 1.82) is 0 Å². The predicted molar refractivity (Wildman–Crippen MR) is 270 cm³/mol. The molecule has 3 heteroatoms. The fourth-order valence-corrected chi connectivity index (χ4v) is 12.3. The van der Waals surface area contributed by atoms with E-state index in [0.717, 1.165) is 56.5 Å². The number of nitrogens with zero attached hydrogens (tertiary/aromatic N) is 1. The number of furan rings is 1. The Morgan fingerprint density at radius 2 is 1.11 bits per heavy atom. The molecule has 0 amide bonds. The van der Waals surface area contributed by atoms with Crippen LogP contribution in [0.2, 0.25) is 0 Å². The van der Waals surface area contributed by atoms with Crippen molar-refractivity contribution < 1.29 is 4.42 Å². The molecule has 0 saturated carbocycles. The van der Waals surface area contributed by atoms with Crippen molar-refractivity contribution >= 4 is 70.5 Å². The molecule has 0 radical (unpaired) electrons. The second-order valence-electron chi connectivity index (χ2n) is 17.1. The second kappa shape index (κ2) is 14.7. The highest BCUT2D eigenvalue weighted by Crippen LogP contribution is 2.61. The highest BCUT2D eigenvalue weighted by molar-refractivity contribution is 7.27. The molecule has 0 aliphatic heterocycles. The van der Waals surface area contributed by atoms with Crippen molar-refractivity contribution in [3.8, 4) is 33.4 Å². The van der Waals surface area contributed by atoms with E-state index in [2.05, 4.69) is 229 Å². The summed E-state index contributed by atoms with van der Waals surface area (Å²) >= 11 is 1.93. The molecule has 13 rings (SSSR count). The monoisotopic (exact) mass is 835 g/mol. The van der Waals surface area contributed by atoms with Gasteiger partial charge in [-0.1, -0.05) is 194 Å². The zero-order valence-corrected chi connectivity index (χ0v) is 35.8. The number of thiophene rings is 1. The molecule has 2 aliphatic carbocycles. The molecule has 2 unspecified atom stereocenters. The molecule has 9 aromatic carbocycles. The number of fused-ring (bicyclic) bond motifs is 10. The quantitative estimate of drug-likeness (QED) is 0.159. The number of anilines is 3. The Kier molecular flexibility index (Phi) is 8.47. The zero-order chi connectivity index (χ0) is 42.2. The fourth-order valence-electron chi connectivity index (χ4n) is 11.0. The molecule has 0 N–H and O–H groups in total. The van der Waals surface area contributed by atoms with E-state index in [-0.39, 0.29) is 11.3 Å². The molecule has 302 valence electrons. The standard InChI is InChI=1S/C61H41NOS/c1-4-16-40(17-5-1)41-30-34-45(35-31-41)62(46-36-32-42(33-37-46)47-24-14-25-49-48-22-11-13-29-56(48)63-58(47)49)55-28-15-26-50-51-38-39-54-57(60(51)64-59(50)55)52-23-10-12-27-53(52)61(54,43-18-6-2-7-19-43)44-20-8-3-9-21-44/h1-20,22-39,44H,21H2. The van der Waals surface area contributed by atoms with E-state index in [0.29, 0.717) is 0 Å². The lowest BCUT2D eigenvalue weighted by molar-refractivity contribution is 0.457. The van der Waals surface area contributed by atoms with E-state index >= 15 is 0 Å². The van der Waals surface area contributed by atoms with Gasteiger partial charge < -0.3 is 9.32 Å². The predicted octanol–water partition coefficient (Wildman–Crippen LogP) is 17.2. The van der Waals surface area contributed by atoms with Crippen LogP contribution in [0.3, 0.4) is 0 Å². The summed E-state index contributed by atoms with van der Waals surface area (Å²) in [5, 5.41) is 4.85. The molecule has 11 aromatic rings. The molecule has 64 heavy (non-hydrogen) atoms. The van der Waals surface area contributed by atoms with Gasteiger partial charge in [-0.05, 0) is 87.7 Å². The van der Waals surface area contributed by atoms with Crippen LogP contribution >= 0.6 is 11.3 Å². The van der Waals surface area contributed by atoms with Crippen LogP contribution in [0.1, 0.15) is 23.1 Å². The average molecular weight is 836 g/mol. The van der Waals surface area contributed by atoms with Crippen LogP contribution in [0.5, 0.6) is 0 Å². The van der Waals surface area contributed by atoms with Crippen molar-refractivity contribution in [2.45, 2.75) is 11.8 Å². The van der Waals surface area contributed by atoms with Gasteiger partial charge in [0, 0.05) is 48.7 Å². The Hall–Kier alpha value is -7.72. The summed E-state index contributed by atoms with van der Waals surface area (Å²) in [7, 11) is 0. The third kappa shape index (κ3) is 5.51. The van der Waals surface area contributed by atoms with E-state index in [9.17, 15) is 0 Å². The highest BCUT2D eigenvalue weighted by Gasteiger charge is 2.49. The van der Waals surface area contributed by atoms with Gasteiger partial charge in [0.1, 0.15) is 11.2 Å². The van der Waals surface area contributed by atoms with E-state index in [4.69, 9.17) is 4.42 Å². The van der Waals surface area contributed by atoms with E-state index in [1.54, 1.807) is 0 Å². The lowest BCUT2D eigenvalue weighted by Crippen LogP contribution is -2.35. The first kappa shape index (κ1) is 36.9. The lowest BCUT2D eigenvalue weighted by Gasteiger charge is -2.39. The van der Waals surface area contributed by atoms with Crippen LogP contribution in [-0.4, -0.2) is 0 Å². The van der Waals surface area contributed by atoms with Crippen LogP contribution < -0.4 is 4.90 Å². The van der Waals surface area contributed by atoms with Crippen molar-refractivity contribution in [1.82, 2.24) is 0 Å². The Labute approximate surface area is 376 Å². The number of allylic oxidation sites excluding steroid dienone is 4. The largest absolute Gasteiger partial charge is 0.455 e. The van der Waals surface area contributed by atoms with Crippen LogP contribution in [0.25, 0.3) is 75.5 Å². The summed E-state index contributed by atoms with van der Waals surface area (Å²) in [5.41, 5.74) is 16.3. The third-order valence-corrected chi connectivity index (χ3v) is 15.0. The van der Waals surface area contributed by atoms with Gasteiger partial charge in [-0.3, -0.25) is 0 Å². The highest BCUT2D eigenvalue weighted by atomic mass is 32.1. The molecule has 0 bridgehead atoms. The summed E-state index contributed by atoms with van der Waals surface area (Å²) in [6, 6.07) is 75.6. The Morgan fingerprint density at radius 3 is 1.91 bits per heavy atom. The SMILES string of the molecule is C1=CCC(C2(c3ccccc3)c3ccccc3-c3c2ccc2c3sc3c(N(c4ccc(-c5ccccc5)cc4)c4ccc(-c5cccc6c5oc5ccccc56)cc4)cccc32)C=C1. The zero-order valence-electron chi connectivity index (χ0n) is 35.0. The second-order valence-corrected chi connectivity index (χ2v) is 18.1. The minimum Gasteiger partial charge on any atom is -0.455 e. The Bertz CT molecular complexity index is 3630. The van der Waals surface area contributed by atoms with Crippen molar-refractivity contribution in [3.63, 3.8) is 0 Å². The van der Waals surface area contributed by atoms with Gasteiger partial charge in [0.25, 0.3) is 0 Å². The summed E-state index contributed by atoms with van der Waals surface area (Å²) in [6.45, 7) is 0. The molecule has 2 atom stereocenters. The number of hydrogen-bond acceptors (Lipinski definition) is 3. The number of para-hydroxylation sites is 2. The van der Waals surface area contributed by atoms with Gasteiger partial charge in [-0.2, -0.15) is 0 Å². The molecular formula is C61H41NOS. The van der Waals surface area contributed by atoms with E-state index in [1.165, 1.54) is 59.1 Å². The van der Waals surface area contributed by atoms with Crippen LogP contribution in [0.15, 0.2) is 235 Å². The molecule has 2 aliphatic rings.